The van der Waals surface area contributed by atoms with Gasteiger partial charge in [-0.3, -0.25) is 4.79 Å². The Hall–Kier alpha value is -0.570. The van der Waals surface area contributed by atoms with Crippen LogP contribution in [0.15, 0.2) is 0 Å². The van der Waals surface area contributed by atoms with Crippen LogP contribution >= 0.6 is 0 Å². The van der Waals surface area contributed by atoms with Gasteiger partial charge in [-0.25, -0.2) is 0 Å². The number of nitrogens with one attached hydrogen (secondary N) is 1. The largest absolute Gasteiger partial charge is 0.342 e. The van der Waals surface area contributed by atoms with E-state index in [9.17, 15) is 4.79 Å². The molecule has 0 spiro atoms. The molecule has 0 aliphatic carbocycles. The van der Waals surface area contributed by atoms with Gasteiger partial charge in [0.05, 0.1) is 0 Å². The monoisotopic (exact) mass is 188 g/mol. The maximum atomic E-state index is 10.9. The highest BCUT2D eigenvalue weighted by atomic mass is 16.2. The smallest absolute Gasteiger partial charge is 0.219 e. The highest BCUT2D eigenvalue weighted by Crippen LogP contribution is 1.86. The lowest BCUT2D eigenvalue weighted by Gasteiger charge is -2.18. The summed E-state index contributed by atoms with van der Waals surface area (Å²) in [6.07, 6.45) is 0. The zero-order valence-electron chi connectivity index (χ0n) is 9.68. The van der Waals surface area contributed by atoms with E-state index >= 15 is 0 Å². The molecule has 3 heteroatoms. The fraction of sp³-hybridized carbons (Fsp3) is 0.900. The maximum absolute atomic E-state index is 10.9. The predicted octanol–water partition coefficient (Wildman–Crippen LogP) is 1.49. The highest BCUT2D eigenvalue weighted by molar-refractivity contribution is 5.73. The Morgan fingerprint density at radius 3 is 2.15 bits per heavy atom. The molecule has 0 saturated carbocycles. The lowest BCUT2D eigenvalue weighted by molar-refractivity contribution is -0.128. The highest BCUT2D eigenvalue weighted by Gasteiger charge is 2.03. The molecule has 1 N–H and O–H groups in total. The van der Waals surface area contributed by atoms with Crippen molar-refractivity contribution in [3.05, 3.63) is 0 Å². The van der Waals surface area contributed by atoms with Crippen LogP contribution in [0.5, 0.6) is 0 Å². The summed E-state index contributed by atoms with van der Waals surface area (Å²) in [6, 6.07) is 0. The SMILES string of the molecule is CC.CCNCCN(CC)C(C)=O. The van der Waals surface area contributed by atoms with E-state index in [1.165, 1.54) is 0 Å². The molecule has 3 nitrogen and oxygen atoms in total. The van der Waals surface area contributed by atoms with Gasteiger partial charge in [0.25, 0.3) is 0 Å². The summed E-state index contributed by atoms with van der Waals surface area (Å²) in [6.45, 7) is 13.1. The molecular weight excluding hydrogens is 164 g/mol. The summed E-state index contributed by atoms with van der Waals surface area (Å²) in [5.74, 6) is 0.158. The second kappa shape index (κ2) is 11.4. The molecular formula is C10H24N2O. The van der Waals surface area contributed by atoms with Crippen molar-refractivity contribution >= 4 is 5.91 Å². The third kappa shape index (κ3) is 9.34. The average Bonchev–Trinajstić information content (AvgIpc) is 2.15. The minimum absolute atomic E-state index is 0.158. The molecule has 0 aromatic rings. The van der Waals surface area contributed by atoms with Gasteiger partial charge in [-0.05, 0) is 13.5 Å². The van der Waals surface area contributed by atoms with E-state index in [1.807, 2.05) is 25.7 Å². The summed E-state index contributed by atoms with van der Waals surface area (Å²) >= 11 is 0. The molecule has 0 rings (SSSR count). The minimum atomic E-state index is 0.158. The molecule has 0 aromatic heterocycles. The van der Waals surface area contributed by atoms with Gasteiger partial charge in [0.2, 0.25) is 5.91 Å². The van der Waals surface area contributed by atoms with Crippen molar-refractivity contribution in [3.63, 3.8) is 0 Å². The van der Waals surface area contributed by atoms with Crippen LogP contribution in [0.4, 0.5) is 0 Å². The average molecular weight is 188 g/mol. The molecule has 0 saturated heterocycles. The molecule has 0 aromatic carbocycles. The van der Waals surface area contributed by atoms with Crippen LogP contribution in [0.25, 0.3) is 0 Å². The number of nitrogens with zero attached hydrogens (tertiary/aromatic N) is 1. The van der Waals surface area contributed by atoms with Crippen LogP contribution in [0.2, 0.25) is 0 Å². The summed E-state index contributed by atoms with van der Waals surface area (Å²) < 4.78 is 0. The molecule has 80 valence electrons. The molecule has 0 aliphatic rings. The van der Waals surface area contributed by atoms with E-state index in [2.05, 4.69) is 12.2 Å². The normalized spacial score (nSPS) is 8.69. The van der Waals surface area contributed by atoms with Crippen LogP contribution in [0, 0.1) is 0 Å². The zero-order chi connectivity index (χ0) is 10.7. The summed E-state index contributed by atoms with van der Waals surface area (Å²) in [7, 11) is 0. The second-order valence-electron chi connectivity index (χ2n) is 2.45. The number of carbonyl (C=O) groups is 1. The fourth-order valence-corrected chi connectivity index (χ4v) is 0.929. The van der Waals surface area contributed by atoms with Crippen LogP contribution in [0.3, 0.4) is 0 Å². The zero-order valence-corrected chi connectivity index (χ0v) is 9.68. The van der Waals surface area contributed by atoms with E-state index in [0.29, 0.717) is 0 Å². The molecule has 0 aliphatic heterocycles. The lowest BCUT2D eigenvalue weighted by atomic mass is 10.4. The molecule has 0 atom stereocenters. The van der Waals surface area contributed by atoms with Gasteiger partial charge in [0.15, 0.2) is 0 Å². The second-order valence-corrected chi connectivity index (χ2v) is 2.45. The number of hydrogen-bond donors (Lipinski definition) is 1. The van der Waals surface area contributed by atoms with Crippen molar-refractivity contribution in [2.45, 2.75) is 34.6 Å². The van der Waals surface area contributed by atoms with Crippen molar-refractivity contribution in [1.82, 2.24) is 10.2 Å². The minimum Gasteiger partial charge on any atom is -0.342 e. The van der Waals surface area contributed by atoms with Gasteiger partial charge in [-0.1, -0.05) is 20.8 Å². The standard InChI is InChI=1S/C8H18N2O.C2H6/c1-4-9-6-7-10(5-2)8(3)11;1-2/h9H,4-7H2,1-3H3;1-2H3. The lowest BCUT2D eigenvalue weighted by Crippen LogP contribution is -2.35. The summed E-state index contributed by atoms with van der Waals surface area (Å²) in [4.78, 5) is 12.7. The Balaban J connectivity index is 0. The van der Waals surface area contributed by atoms with Crippen molar-refractivity contribution in [1.29, 1.82) is 0 Å². The Morgan fingerprint density at radius 1 is 1.31 bits per heavy atom. The molecule has 0 bridgehead atoms. The van der Waals surface area contributed by atoms with E-state index < -0.39 is 0 Å². The Morgan fingerprint density at radius 2 is 1.85 bits per heavy atom. The number of hydrogen-bond acceptors (Lipinski definition) is 2. The topological polar surface area (TPSA) is 32.3 Å². The molecule has 1 amide bonds. The molecule has 0 fully saturated rings. The Bertz CT molecular complexity index is 115. The van der Waals surface area contributed by atoms with E-state index in [-0.39, 0.29) is 5.91 Å². The first-order chi connectivity index (χ1) is 6.22. The van der Waals surface area contributed by atoms with Gasteiger partial charge in [-0.15, -0.1) is 0 Å². The van der Waals surface area contributed by atoms with Gasteiger partial charge in [0, 0.05) is 26.6 Å². The first kappa shape index (κ1) is 14.9. The van der Waals surface area contributed by atoms with Gasteiger partial charge >= 0.3 is 0 Å². The Kier molecular flexibility index (Phi) is 13.1. The molecule has 0 unspecified atom stereocenters. The third-order valence-corrected chi connectivity index (χ3v) is 1.64. The Labute approximate surface area is 82.5 Å². The number of carbonyl (C=O) groups excluding carboxylic acids is 1. The van der Waals surface area contributed by atoms with Gasteiger partial charge < -0.3 is 10.2 Å². The van der Waals surface area contributed by atoms with Crippen molar-refractivity contribution in [3.8, 4) is 0 Å². The number of amides is 1. The van der Waals surface area contributed by atoms with Gasteiger partial charge in [-0.2, -0.15) is 0 Å². The quantitative estimate of drug-likeness (QED) is 0.663. The first-order valence-electron chi connectivity index (χ1n) is 5.18. The third-order valence-electron chi connectivity index (χ3n) is 1.64. The number of rotatable bonds is 5. The molecule has 13 heavy (non-hydrogen) atoms. The van der Waals surface area contributed by atoms with Crippen LogP contribution in [-0.2, 0) is 4.79 Å². The van der Waals surface area contributed by atoms with E-state index in [4.69, 9.17) is 0 Å². The van der Waals surface area contributed by atoms with Crippen molar-refractivity contribution in [2.24, 2.45) is 0 Å². The molecule has 0 radical (unpaired) electrons. The van der Waals surface area contributed by atoms with Gasteiger partial charge in [0.1, 0.15) is 0 Å². The molecule has 0 heterocycles. The van der Waals surface area contributed by atoms with E-state index in [0.717, 1.165) is 26.2 Å². The predicted molar refractivity (Wildman–Crippen MR) is 57.8 cm³/mol. The summed E-state index contributed by atoms with van der Waals surface area (Å²) in [5.41, 5.74) is 0. The summed E-state index contributed by atoms with van der Waals surface area (Å²) in [5, 5.41) is 3.17. The van der Waals surface area contributed by atoms with Crippen LogP contribution in [0.1, 0.15) is 34.6 Å². The van der Waals surface area contributed by atoms with E-state index in [1.54, 1.807) is 6.92 Å². The van der Waals surface area contributed by atoms with Crippen molar-refractivity contribution in [2.75, 3.05) is 26.2 Å². The fourth-order valence-electron chi connectivity index (χ4n) is 0.929. The van der Waals surface area contributed by atoms with Crippen molar-refractivity contribution < 1.29 is 4.79 Å². The van der Waals surface area contributed by atoms with Crippen LogP contribution in [-0.4, -0.2) is 37.0 Å². The first-order valence-corrected chi connectivity index (χ1v) is 5.18. The van der Waals surface area contributed by atoms with Crippen LogP contribution < -0.4 is 5.32 Å². The number of likely N-dealkylation sites (N-methyl/N-ethyl adjacent to an activating group) is 2. The maximum Gasteiger partial charge on any atom is 0.219 e.